The molecule has 2 nitrogen and oxygen atoms in total. The van der Waals surface area contributed by atoms with E-state index in [4.69, 9.17) is 4.74 Å². The molecule has 3 heteroatoms. The van der Waals surface area contributed by atoms with Gasteiger partial charge in [0.15, 0.2) is 0 Å². The molecule has 0 bridgehead atoms. The molecule has 21 heavy (non-hydrogen) atoms. The molecule has 0 heterocycles. The molecule has 0 aliphatic carbocycles. The van der Waals surface area contributed by atoms with Crippen LogP contribution in [0.3, 0.4) is 0 Å². The molecule has 1 N–H and O–H groups in total. The third-order valence-electron chi connectivity index (χ3n) is 3.77. The lowest BCUT2D eigenvalue weighted by atomic mass is 9.99. The van der Waals surface area contributed by atoms with Crippen molar-refractivity contribution in [1.82, 2.24) is 5.32 Å². The standard InChI is InChI=1S/C18H22FNO/c1-20-16(13-15-5-3-4-6-18(15)19)10-7-14-8-11-17(21-2)12-9-14/h3-6,8-9,11-12,16,20H,7,10,13H2,1-2H3. The van der Waals surface area contributed by atoms with Crippen molar-refractivity contribution in [2.75, 3.05) is 14.2 Å². The molecule has 0 saturated heterocycles. The molecule has 1 atom stereocenters. The largest absolute Gasteiger partial charge is 0.497 e. The predicted molar refractivity (Wildman–Crippen MR) is 84.3 cm³/mol. The van der Waals surface area contributed by atoms with Crippen molar-refractivity contribution >= 4 is 0 Å². The predicted octanol–water partition coefficient (Wildman–Crippen LogP) is 3.60. The number of nitrogens with one attached hydrogen (secondary N) is 1. The van der Waals surface area contributed by atoms with E-state index in [-0.39, 0.29) is 11.9 Å². The summed E-state index contributed by atoms with van der Waals surface area (Å²) < 4.78 is 18.8. The van der Waals surface area contributed by atoms with E-state index in [1.807, 2.05) is 31.3 Å². The fraction of sp³-hybridized carbons (Fsp3) is 0.333. The fourth-order valence-corrected chi connectivity index (χ4v) is 2.41. The summed E-state index contributed by atoms with van der Waals surface area (Å²) in [6, 6.07) is 15.4. The maximum Gasteiger partial charge on any atom is 0.126 e. The van der Waals surface area contributed by atoms with Gasteiger partial charge in [-0.25, -0.2) is 4.39 Å². The van der Waals surface area contributed by atoms with Gasteiger partial charge in [0.05, 0.1) is 7.11 Å². The summed E-state index contributed by atoms with van der Waals surface area (Å²) in [4.78, 5) is 0. The van der Waals surface area contributed by atoms with Crippen LogP contribution in [-0.4, -0.2) is 20.2 Å². The molecular weight excluding hydrogens is 265 g/mol. The maximum atomic E-state index is 13.7. The average Bonchev–Trinajstić information content (AvgIpc) is 2.53. The molecule has 0 radical (unpaired) electrons. The third-order valence-corrected chi connectivity index (χ3v) is 3.77. The van der Waals surface area contributed by atoms with Gasteiger partial charge in [-0.15, -0.1) is 0 Å². The highest BCUT2D eigenvalue weighted by molar-refractivity contribution is 5.27. The number of rotatable bonds is 7. The Kier molecular flexibility index (Phi) is 5.76. The smallest absolute Gasteiger partial charge is 0.126 e. The third kappa shape index (κ3) is 4.57. The van der Waals surface area contributed by atoms with Crippen molar-refractivity contribution in [3.05, 3.63) is 65.5 Å². The summed E-state index contributed by atoms with van der Waals surface area (Å²) in [6.07, 6.45) is 2.64. The van der Waals surface area contributed by atoms with Gasteiger partial charge in [-0.1, -0.05) is 30.3 Å². The average molecular weight is 287 g/mol. The van der Waals surface area contributed by atoms with Gasteiger partial charge in [0, 0.05) is 6.04 Å². The molecule has 0 aliphatic heterocycles. The van der Waals surface area contributed by atoms with Gasteiger partial charge in [0.1, 0.15) is 11.6 Å². The number of ether oxygens (including phenoxy) is 1. The number of hydrogen-bond acceptors (Lipinski definition) is 2. The van der Waals surface area contributed by atoms with Gasteiger partial charge in [-0.3, -0.25) is 0 Å². The molecule has 0 amide bonds. The Hall–Kier alpha value is -1.87. The minimum absolute atomic E-state index is 0.123. The van der Waals surface area contributed by atoms with Crippen LogP contribution in [0.4, 0.5) is 4.39 Å². The van der Waals surface area contributed by atoms with E-state index in [0.717, 1.165) is 24.2 Å². The van der Waals surface area contributed by atoms with Crippen LogP contribution in [0, 0.1) is 5.82 Å². The topological polar surface area (TPSA) is 21.3 Å². The Morgan fingerprint density at radius 2 is 1.81 bits per heavy atom. The Balaban J connectivity index is 1.91. The number of likely N-dealkylation sites (N-methyl/N-ethyl adjacent to an activating group) is 1. The molecule has 0 spiro atoms. The van der Waals surface area contributed by atoms with E-state index in [1.165, 1.54) is 11.6 Å². The highest BCUT2D eigenvalue weighted by atomic mass is 19.1. The molecule has 112 valence electrons. The minimum Gasteiger partial charge on any atom is -0.497 e. The summed E-state index contributed by atoms with van der Waals surface area (Å²) in [6.45, 7) is 0. The van der Waals surface area contributed by atoms with Crippen molar-refractivity contribution in [1.29, 1.82) is 0 Å². The number of benzene rings is 2. The fourth-order valence-electron chi connectivity index (χ4n) is 2.41. The second kappa shape index (κ2) is 7.79. The SMILES string of the molecule is CNC(CCc1ccc(OC)cc1)Cc1ccccc1F. The van der Waals surface area contributed by atoms with Crippen LogP contribution in [0.15, 0.2) is 48.5 Å². The normalized spacial score (nSPS) is 12.1. The van der Waals surface area contributed by atoms with Gasteiger partial charge in [-0.05, 0) is 55.6 Å². The van der Waals surface area contributed by atoms with Crippen molar-refractivity contribution in [2.45, 2.75) is 25.3 Å². The van der Waals surface area contributed by atoms with Crippen LogP contribution >= 0.6 is 0 Å². The molecule has 2 aromatic carbocycles. The van der Waals surface area contributed by atoms with E-state index in [0.29, 0.717) is 6.42 Å². The van der Waals surface area contributed by atoms with Crippen molar-refractivity contribution in [3.8, 4) is 5.75 Å². The van der Waals surface area contributed by atoms with Gasteiger partial charge in [0.25, 0.3) is 0 Å². The molecule has 2 rings (SSSR count). The van der Waals surface area contributed by atoms with Crippen LogP contribution in [0.2, 0.25) is 0 Å². The van der Waals surface area contributed by atoms with Gasteiger partial charge >= 0.3 is 0 Å². The zero-order valence-corrected chi connectivity index (χ0v) is 12.6. The second-order valence-corrected chi connectivity index (χ2v) is 5.17. The lowest BCUT2D eigenvalue weighted by molar-refractivity contribution is 0.414. The van der Waals surface area contributed by atoms with E-state index in [9.17, 15) is 4.39 Å². The molecule has 0 fully saturated rings. The van der Waals surface area contributed by atoms with Crippen LogP contribution < -0.4 is 10.1 Å². The summed E-state index contributed by atoms with van der Waals surface area (Å²) in [5.41, 5.74) is 2.04. The van der Waals surface area contributed by atoms with Crippen molar-refractivity contribution in [2.24, 2.45) is 0 Å². The van der Waals surface area contributed by atoms with E-state index < -0.39 is 0 Å². The van der Waals surface area contributed by atoms with Gasteiger partial charge < -0.3 is 10.1 Å². The maximum absolute atomic E-state index is 13.7. The Morgan fingerprint density at radius 3 is 2.43 bits per heavy atom. The van der Waals surface area contributed by atoms with Crippen LogP contribution in [0.1, 0.15) is 17.5 Å². The van der Waals surface area contributed by atoms with Crippen molar-refractivity contribution in [3.63, 3.8) is 0 Å². The number of methoxy groups -OCH3 is 1. The first-order chi connectivity index (χ1) is 10.2. The molecular formula is C18H22FNO. The molecule has 1 unspecified atom stereocenters. The van der Waals surface area contributed by atoms with Gasteiger partial charge in [-0.2, -0.15) is 0 Å². The quantitative estimate of drug-likeness (QED) is 0.840. The highest BCUT2D eigenvalue weighted by Crippen LogP contribution is 2.15. The summed E-state index contributed by atoms with van der Waals surface area (Å²) in [7, 11) is 3.60. The first kappa shape index (κ1) is 15.5. The summed E-state index contributed by atoms with van der Waals surface area (Å²) in [5, 5.41) is 3.28. The number of aryl methyl sites for hydroxylation is 1. The Labute approximate surface area is 126 Å². The van der Waals surface area contributed by atoms with E-state index in [2.05, 4.69) is 17.4 Å². The highest BCUT2D eigenvalue weighted by Gasteiger charge is 2.10. The summed E-state index contributed by atoms with van der Waals surface area (Å²) >= 11 is 0. The minimum atomic E-state index is -0.123. The van der Waals surface area contributed by atoms with E-state index in [1.54, 1.807) is 13.2 Å². The Bertz CT molecular complexity index is 553. The van der Waals surface area contributed by atoms with Gasteiger partial charge in [0.2, 0.25) is 0 Å². The number of halogens is 1. The van der Waals surface area contributed by atoms with Crippen LogP contribution in [-0.2, 0) is 12.8 Å². The van der Waals surface area contributed by atoms with Crippen LogP contribution in [0.25, 0.3) is 0 Å². The zero-order chi connectivity index (χ0) is 15.1. The Morgan fingerprint density at radius 1 is 1.10 bits per heavy atom. The zero-order valence-electron chi connectivity index (χ0n) is 12.6. The lowest BCUT2D eigenvalue weighted by Gasteiger charge is -2.16. The first-order valence-corrected chi connectivity index (χ1v) is 7.26. The molecule has 0 aromatic heterocycles. The monoisotopic (exact) mass is 287 g/mol. The summed E-state index contributed by atoms with van der Waals surface area (Å²) in [5.74, 6) is 0.748. The number of hydrogen-bond donors (Lipinski definition) is 1. The lowest BCUT2D eigenvalue weighted by Crippen LogP contribution is -2.28. The first-order valence-electron chi connectivity index (χ1n) is 7.26. The molecule has 0 aliphatic rings. The molecule has 0 saturated carbocycles. The van der Waals surface area contributed by atoms with Crippen molar-refractivity contribution < 1.29 is 9.13 Å². The second-order valence-electron chi connectivity index (χ2n) is 5.17. The van der Waals surface area contributed by atoms with E-state index >= 15 is 0 Å². The molecule has 2 aromatic rings. The van der Waals surface area contributed by atoms with Crippen LogP contribution in [0.5, 0.6) is 5.75 Å².